The number of benzene rings is 3. The molecule has 0 radical (unpaired) electrons. The van der Waals surface area contributed by atoms with Crippen molar-refractivity contribution in [1.29, 1.82) is 0 Å². The van der Waals surface area contributed by atoms with E-state index >= 15 is 0 Å². The fraction of sp³-hybridized carbons (Fsp3) is 0.0833. The topological polar surface area (TPSA) is 80.9 Å². The molecule has 0 bridgehead atoms. The maximum Gasteiger partial charge on any atom is 0.257 e. The van der Waals surface area contributed by atoms with E-state index in [0.29, 0.717) is 22.5 Å². The van der Waals surface area contributed by atoms with Gasteiger partial charge in [0.15, 0.2) is 5.13 Å². The summed E-state index contributed by atoms with van der Waals surface area (Å²) in [6, 6.07) is 20.9. The maximum atomic E-state index is 12.6. The molecule has 0 spiro atoms. The predicted molar refractivity (Wildman–Crippen MR) is 122 cm³/mol. The van der Waals surface area contributed by atoms with Gasteiger partial charge in [-0.2, -0.15) is 0 Å². The third-order valence-corrected chi connectivity index (χ3v) is 5.89. The van der Waals surface area contributed by atoms with Crippen LogP contribution >= 0.6 is 11.3 Å². The second-order valence-electron chi connectivity index (χ2n) is 7.25. The van der Waals surface area contributed by atoms with Gasteiger partial charge in [-0.05, 0) is 67.4 Å². The molecule has 1 N–H and O–H groups in total. The molecule has 0 saturated carbocycles. The number of hydrogen-bond donors (Lipinski definition) is 1. The lowest BCUT2D eigenvalue weighted by molar-refractivity contribution is 0.102. The number of amides is 1. The number of rotatable bonds is 4. The van der Waals surface area contributed by atoms with Crippen LogP contribution in [0.5, 0.6) is 0 Å². The van der Waals surface area contributed by atoms with Crippen LogP contribution in [0.25, 0.3) is 33.1 Å². The van der Waals surface area contributed by atoms with Gasteiger partial charge < -0.3 is 4.42 Å². The molecule has 2 heterocycles. The first-order valence-electron chi connectivity index (χ1n) is 9.75. The second-order valence-corrected chi connectivity index (χ2v) is 8.28. The van der Waals surface area contributed by atoms with Gasteiger partial charge in [0, 0.05) is 16.7 Å². The summed E-state index contributed by atoms with van der Waals surface area (Å²) in [5.41, 5.74) is 5.29. The van der Waals surface area contributed by atoms with Gasteiger partial charge in [-0.1, -0.05) is 35.6 Å². The van der Waals surface area contributed by atoms with Crippen molar-refractivity contribution in [3.05, 3.63) is 83.4 Å². The van der Waals surface area contributed by atoms with Crippen LogP contribution in [-0.2, 0) is 0 Å². The molecule has 0 aliphatic heterocycles. The number of fused-ring (bicyclic) bond motifs is 1. The standard InChI is InChI=1S/C24H18N4O2S/c1-14-7-12-19-20(13-14)31-24(25-19)26-21(29)16-8-10-17(11-9-16)22-27-28-23(30-22)18-6-4-3-5-15(18)2/h3-13H,1-2H3,(H,25,26,29). The fourth-order valence-electron chi connectivity index (χ4n) is 3.28. The van der Waals surface area contributed by atoms with Crippen molar-refractivity contribution >= 4 is 32.6 Å². The van der Waals surface area contributed by atoms with E-state index in [0.717, 1.165) is 32.5 Å². The summed E-state index contributed by atoms with van der Waals surface area (Å²) in [6.07, 6.45) is 0. The van der Waals surface area contributed by atoms with E-state index in [1.807, 2.05) is 50.2 Å². The minimum atomic E-state index is -0.214. The highest BCUT2D eigenvalue weighted by Crippen LogP contribution is 2.28. The Kier molecular flexibility index (Phi) is 4.80. The van der Waals surface area contributed by atoms with Crippen molar-refractivity contribution in [2.75, 3.05) is 5.32 Å². The van der Waals surface area contributed by atoms with Gasteiger partial charge in [-0.25, -0.2) is 4.98 Å². The van der Waals surface area contributed by atoms with Gasteiger partial charge in [0.1, 0.15) is 0 Å². The van der Waals surface area contributed by atoms with Crippen LogP contribution in [0.3, 0.4) is 0 Å². The number of thiazole rings is 1. The van der Waals surface area contributed by atoms with Crippen LogP contribution in [0.1, 0.15) is 21.5 Å². The minimum Gasteiger partial charge on any atom is -0.416 e. The summed E-state index contributed by atoms with van der Waals surface area (Å²) in [7, 11) is 0. The summed E-state index contributed by atoms with van der Waals surface area (Å²) < 4.78 is 6.89. The van der Waals surface area contributed by atoms with E-state index in [-0.39, 0.29) is 5.91 Å². The first-order valence-corrected chi connectivity index (χ1v) is 10.6. The van der Waals surface area contributed by atoms with Crippen molar-refractivity contribution in [2.24, 2.45) is 0 Å². The average molecular weight is 427 g/mol. The molecule has 7 heteroatoms. The van der Waals surface area contributed by atoms with Crippen LogP contribution in [0, 0.1) is 13.8 Å². The summed E-state index contributed by atoms with van der Waals surface area (Å²) >= 11 is 1.46. The Bertz CT molecular complexity index is 1400. The molecule has 0 aliphatic rings. The lowest BCUT2D eigenvalue weighted by Crippen LogP contribution is -2.11. The average Bonchev–Trinajstić information content (AvgIpc) is 3.41. The molecule has 0 aliphatic carbocycles. The Morgan fingerprint density at radius 2 is 1.71 bits per heavy atom. The van der Waals surface area contributed by atoms with Crippen LogP contribution in [-0.4, -0.2) is 21.1 Å². The maximum absolute atomic E-state index is 12.6. The first kappa shape index (κ1) is 19.1. The minimum absolute atomic E-state index is 0.214. The molecular weight excluding hydrogens is 408 g/mol. The SMILES string of the molecule is Cc1ccc2nc(NC(=O)c3ccc(-c4nnc(-c5ccccc5C)o4)cc3)sc2c1. The zero-order valence-electron chi connectivity index (χ0n) is 16.9. The quantitative estimate of drug-likeness (QED) is 0.388. The van der Waals surface area contributed by atoms with Crippen molar-refractivity contribution in [2.45, 2.75) is 13.8 Å². The predicted octanol–water partition coefficient (Wildman–Crippen LogP) is 5.88. The molecule has 6 nitrogen and oxygen atoms in total. The number of carbonyl (C=O) groups is 1. The van der Waals surface area contributed by atoms with Gasteiger partial charge in [-0.15, -0.1) is 10.2 Å². The zero-order chi connectivity index (χ0) is 21.4. The number of aryl methyl sites for hydroxylation is 2. The Hall–Kier alpha value is -3.84. The molecular formula is C24H18N4O2S. The Morgan fingerprint density at radius 1 is 0.935 bits per heavy atom. The molecule has 31 heavy (non-hydrogen) atoms. The van der Waals surface area contributed by atoms with Crippen molar-refractivity contribution in [3.8, 4) is 22.9 Å². The highest BCUT2D eigenvalue weighted by Gasteiger charge is 2.14. The fourth-order valence-corrected chi connectivity index (χ4v) is 4.24. The number of nitrogens with one attached hydrogen (secondary N) is 1. The number of hydrogen-bond acceptors (Lipinski definition) is 6. The second kappa shape index (κ2) is 7.77. The summed E-state index contributed by atoms with van der Waals surface area (Å²) in [4.78, 5) is 17.1. The number of nitrogens with zero attached hydrogens (tertiary/aromatic N) is 3. The molecule has 0 atom stereocenters. The zero-order valence-corrected chi connectivity index (χ0v) is 17.7. The monoisotopic (exact) mass is 426 g/mol. The summed E-state index contributed by atoms with van der Waals surface area (Å²) in [6.45, 7) is 4.03. The normalized spacial score (nSPS) is 11.0. The van der Waals surface area contributed by atoms with E-state index in [1.165, 1.54) is 11.3 Å². The van der Waals surface area contributed by atoms with Gasteiger partial charge >= 0.3 is 0 Å². The van der Waals surface area contributed by atoms with E-state index < -0.39 is 0 Å². The highest BCUT2D eigenvalue weighted by molar-refractivity contribution is 7.22. The molecule has 0 fully saturated rings. The van der Waals surface area contributed by atoms with Crippen molar-refractivity contribution in [3.63, 3.8) is 0 Å². The van der Waals surface area contributed by atoms with Crippen LogP contribution in [0.15, 0.2) is 71.1 Å². The largest absolute Gasteiger partial charge is 0.416 e. The van der Waals surface area contributed by atoms with E-state index in [4.69, 9.17) is 4.42 Å². The summed E-state index contributed by atoms with van der Waals surface area (Å²) in [5, 5.41) is 11.8. The van der Waals surface area contributed by atoms with E-state index in [2.05, 4.69) is 26.6 Å². The number of aromatic nitrogens is 3. The van der Waals surface area contributed by atoms with Crippen LogP contribution in [0.4, 0.5) is 5.13 Å². The Balaban J connectivity index is 1.33. The van der Waals surface area contributed by atoms with Gasteiger partial charge in [0.25, 0.3) is 5.91 Å². The molecule has 152 valence electrons. The Morgan fingerprint density at radius 3 is 2.52 bits per heavy atom. The molecule has 1 amide bonds. The smallest absolute Gasteiger partial charge is 0.257 e. The lowest BCUT2D eigenvalue weighted by Gasteiger charge is -2.02. The molecule has 0 saturated heterocycles. The van der Waals surface area contributed by atoms with Crippen molar-refractivity contribution < 1.29 is 9.21 Å². The highest BCUT2D eigenvalue weighted by atomic mass is 32.1. The molecule has 5 aromatic rings. The molecule has 3 aromatic carbocycles. The van der Waals surface area contributed by atoms with Crippen LogP contribution < -0.4 is 5.32 Å². The van der Waals surface area contributed by atoms with Gasteiger partial charge in [0.2, 0.25) is 11.8 Å². The molecule has 2 aromatic heterocycles. The third kappa shape index (κ3) is 3.83. The van der Waals surface area contributed by atoms with Gasteiger partial charge in [-0.3, -0.25) is 10.1 Å². The lowest BCUT2D eigenvalue weighted by atomic mass is 10.1. The molecule has 0 unspecified atom stereocenters. The number of carbonyl (C=O) groups excluding carboxylic acids is 1. The van der Waals surface area contributed by atoms with Crippen LogP contribution in [0.2, 0.25) is 0 Å². The van der Waals surface area contributed by atoms with E-state index in [9.17, 15) is 4.79 Å². The van der Waals surface area contributed by atoms with Crippen molar-refractivity contribution in [1.82, 2.24) is 15.2 Å². The van der Waals surface area contributed by atoms with E-state index in [1.54, 1.807) is 24.3 Å². The number of anilines is 1. The Labute approximate surface area is 182 Å². The van der Waals surface area contributed by atoms with Gasteiger partial charge in [0.05, 0.1) is 10.2 Å². The molecule has 5 rings (SSSR count). The third-order valence-electron chi connectivity index (χ3n) is 4.96. The first-order chi connectivity index (χ1) is 15.1. The summed E-state index contributed by atoms with van der Waals surface area (Å²) in [5.74, 6) is 0.668.